The van der Waals surface area contributed by atoms with Crippen molar-refractivity contribution >= 4 is 40.5 Å². The summed E-state index contributed by atoms with van der Waals surface area (Å²) in [4.78, 5) is 3.98. The fourth-order valence-corrected chi connectivity index (χ4v) is 1.75. The third-order valence-electron chi connectivity index (χ3n) is 1.98. The highest BCUT2D eigenvalue weighted by Crippen LogP contribution is 2.36. The Morgan fingerprint density at radius 3 is 2.47 bits per heavy atom. The second-order valence-corrected chi connectivity index (χ2v) is 4.42. The van der Waals surface area contributed by atoms with Crippen LogP contribution >= 0.6 is 34.8 Å². The highest BCUT2D eigenvalue weighted by atomic mass is 35.5. The van der Waals surface area contributed by atoms with Gasteiger partial charge in [-0.15, -0.1) is 0 Å². The minimum Gasteiger partial charge on any atom is -0.435 e. The number of hydrogen-bond acceptors (Lipinski definition) is 3. The van der Waals surface area contributed by atoms with Gasteiger partial charge in [0.05, 0.1) is 20.8 Å². The zero-order valence-electron chi connectivity index (χ0n) is 8.45. The summed E-state index contributed by atoms with van der Waals surface area (Å²) in [5, 5.41) is 1.04. The molecule has 0 saturated heterocycles. The summed E-state index contributed by atoms with van der Waals surface area (Å²) in [6.45, 7) is 0. The Morgan fingerprint density at radius 2 is 1.76 bits per heavy atom. The van der Waals surface area contributed by atoms with Crippen molar-refractivity contribution in [2.24, 2.45) is 0 Å². The maximum Gasteiger partial charge on any atom is 0.242 e. The van der Waals surface area contributed by atoms with Gasteiger partial charge in [-0.2, -0.15) is 0 Å². The largest absolute Gasteiger partial charge is 0.435 e. The first-order valence-electron chi connectivity index (χ1n) is 4.61. The first kappa shape index (κ1) is 12.3. The molecular formula is C11H7Cl3N2O. The number of aromatic nitrogens is 1. The first-order valence-corrected chi connectivity index (χ1v) is 5.74. The molecule has 0 amide bonds. The summed E-state index contributed by atoms with van der Waals surface area (Å²) in [6, 6.07) is 6.40. The summed E-state index contributed by atoms with van der Waals surface area (Å²) in [6.07, 6.45) is 1.57. The normalized spacial score (nSPS) is 10.3. The molecule has 0 aliphatic carbocycles. The SMILES string of the molecule is Nc1cccnc1Oc1cc(Cl)c(Cl)cc1Cl. The summed E-state index contributed by atoms with van der Waals surface area (Å²) < 4.78 is 5.46. The lowest BCUT2D eigenvalue weighted by atomic mass is 10.3. The smallest absolute Gasteiger partial charge is 0.242 e. The number of hydrogen-bond donors (Lipinski definition) is 1. The van der Waals surface area contributed by atoms with Crippen LogP contribution < -0.4 is 10.5 Å². The van der Waals surface area contributed by atoms with E-state index in [1.807, 2.05) is 0 Å². The topological polar surface area (TPSA) is 48.1 Å². The van der Waals surface area contributed by atoms with Crippen LogP contribution in [-0.2, 0) is 0 Å². The molecule has 0 spiro atoms. The van der Waals surface area contributed by atoms with Gasteiger partial charge < -0.3 is 10.5 Å². The molecule has 2 N–H and O–H groups in total. The Morgan fingerprint density at radius 1 is 1.06 bits per heavy atom. The van der Waals surface area contributed by atoms with E-state index in [9.17, 15) is 0 Å². The molecule has 88 valence electrons. The van der Waals surface area contributed by atoms with E-state index >= 15 is 0 Å². The lowest BCUT2D eigenvalue weighted by molar-refractivity contribution is 0.466. The van der Waals surface area contributed by atoms with Crippen molar-refractivity contribution < 1.29 is 4.74 Å². The van der Waals surface area contributed by atoms with Crippen molar-refractivity contribution in [3.05, 3.63) is 45.5 Å². The van der Waals surface area contributed by atoms with E-state index < -0.39 is 0 Å². The van der Waals surface area contributed by atoms with Gasteiger partial charge in [-0.05, 0) is 18.2 Å². The fourth-order valence-electron chi connectivity index (χ4n) is 1.18. The van der Waals surface area contributed by atoms with E-state index in [1.165, 1.54) is 12.1 Å². The predicted molar refractivity (Wildman–Crippen MR) is 70.2 cm³/mol. The molecular weight excluding hydrogens is 282 g/mol. The average Bonchev–Trinajstić information content (AvgIpc) is 2.29. The molecule has 0 fully saturated rings. The predicted octanol–water partition coefficient (Wildman–Crippen LogP) is 4.42. The minimum absolute atomic E-state index is 0.271. The summed E-state index contributed by atoms with van der Waals surface area (Å²) >= 11 is 17.6. The molecule has 0 radical (unpaired) electrons. The number of anilines is 1. The Kier molecular flexibility index (Phi) is 3.62. The third-order valence-corrected chi connectivity index (χ3v) is 3.00. The van der Waals surface area contributed by atoms with E-state index in [0.29, 0.717) is 26.5 Å². The number of rotatable bonds is 2. The Balaban J connectivity index is 2.37. The zero-order chi connectivity index (χ0) is 12.4. The molecule has 1 heterocycles. The number of halogens is 3. The second-order valence-electron chi connectivity index (χ2n) is 3.20. The Hall–Kier alpha value is -1.16. The van der Waals surface area contributed by atoms with Gasteiger partial charge in [0.1, 0.15) is 5.75 Å². The van der Waals surface area contributed by atoms with Crippen LogP contribution in [0.15, 0.2) is 30.5 Å². The number of nitrogens with two attached hydrogens (primary N) is 1. The summed E-state index contributed by atoms with van der Waals surface area (Å²) in [5.41, 5.74) is 6.11. The van der Waals surface area contributed by atoms with Gasteiger partial charge in [-0.3, -0.25) is 0 Å². The van der Waals surface area contributed by atoms with E-state index in [-0.39, 0.29) is 5.88 Å². The summed E-state index contributed by atoms with van der Waals surface area (Å²) in [5.74, 6) is 0.624. The van der Waals surface area contributed by atoms with Gasteiger partial charge in [0.15, 0.2) is 0 Å². The van der Waals surface area contributed by atoms with Gasteiger partial charge in [0.25, 0.3) is 0 Å². The average molecular weight is 290 g/mol. The summed E-state index contributed by atoms with van der Waals surface area (Å²) in [7, 11) is 0. The van der Waals surface area contributed by atoms with Crippen LogP contribution in [-0.4, -0.2) is 4.98 Å². The van der Waals surface area contributed by atoms with Crippen molar-refractivity contribution in [3.8, 4) is 11.6 Å². The van der Waals surface area contributed by atoms with Gasteiger partial charge in [-0.1, -0.05) is 34.8 Å². The van der Waals surface area contributed by atoms with E-state index in [1.54, 1.807) is 18.3 Å². The zero-order valence-corrected chi connectivity index (χ0v) is 10.7. The first-order chi connectivity index (χ1) is 8.08. The third kappa shape index (κ3) is 2.75. The molecule has 0 saturated carbocycles. The molecule has 0 aliphatic heterocycles. The maximum absolute atomic E-state index is 5.97. The highest BCUT2D eigenvalue weighted by molar-refractivity contribution is 6.43. The molecule has 2 aromatic rings. The van der Waals surface area contributed by atoms with E-state index in [4.69, 9.17) is 45.3 Å². The lowest BCUT2D eigenvalue weighted by Gasteiger charge is -2.09. The van der Waals surface area contributed by atoms with Crippen LogP contribution in [0.25, 0.3) is 0 Å². The highest BCUT2D eigenvalue weighted by Gasteiger charge is 2.10. The van der Waals surface area contributed by atoms with Crippen molar-refractivity contribution in [2.75, 3.05) is 5.73 Å². The molecule has 17 heavy (non-hydrogen) atoms. The molecule has 0 unspecified atom stereocenters. The van der Waals surface area contributed by atoms with Crippen LogP contribution in [0.4, 0.5) is 5.69 Å². The molecule has 0 aliphatic rings. The van der Waals surface area contributed by atoms with Crippen LogP contribution in [0.1, 0.15) is 0 Å². The van der Waals surface area contributed by atoms with Gasteiger partial charge in [0, 0.05) is 12.3 Å². The van der Waals surface area contributed by atoms with E-state index in [2.05, 4.69) is 4.98 Å². The standard InChI is InChI=1S/C11H7Cl3N2O/c12-6-4-8(14)10(5-7(6)13)17-11-9(15)2-1-3-16-11/h1-5H,15H2. The number of ether oxygens (including phenoxy) is 1. The lowest BCUT2D eigenvalue weighted by Crippen LogP contribution is -1.94. The molecule has 1 aromatic carbocycles. The van der Waals surface area contributed by atoms with Crippen molar-refractivity contribution in [2.45, 2.75) is 0 Å². The molecule has 0 atom stereocenters. The van der Waals surface area contributed by atoms with Gasteiger partial charge in [-0.25, -0.2) is 4.98 Å². The number of nitrogens with zero attached hydrogens (tertiary/aromatic N) is 1. The van der Waals surface area contributed by atoms with Crippen LogP contribution in [0.5, 0.6) is 11.6 Å². The van der Waals surface area contributed by atoms with Crippen molar-refractivity contribution in [3.63, 3.8) is 0 Å². The monoisotopic (exact) mass is 288 g/mol. The molecule has 0 bridgehead atoms. The molecule has 6 heteroatoms. The van der Waals surface area contributed by atoms with Crippen LogP contribution in [0.3, 0.4) is 0 Å². The molecule has 1 aromatic heterocycles. The quantitative estimate of drug-likeness (QED) is 0.833. The van der Waals surface area contributed by atoms with Crippen molar-refractivity contribution in [1.29, 1.82) is 0 Å². The molecule has 3 nitrogen and oxygen atoms in total. The van der Waals surface area contributed by atoms with Gasteiger partial charge in [0.2, 0.25) is 5.88 Å². The maximum atomic E-state index is 5.97. The minimum atomic E-state index is 0.271. The van der Waals surface area contributed by atoms with E-state index in [0.717, 1.165) is 0 Å². The Bertz CT molecular complexity index is 560. The van der Waals surface area contributed by atoms with Crippen LogP contribution in [0.2, 0.25) is 15.1 Å². The van der Waals surface area contributed by atoms with Gasteiger partial charge >= 0.3 is 0 Å². The van der Waals surface area contributed by atoms with Crippen molar-refractivity contribution in [1.82, 2.24) is 4.98 Å². The number of nitrogen functional groups attached to an aromatic ring is 1. The number of benzene rings is 1. The Labute approximate surface area is 113 Å². The molecule has 2 rings (SSSR count). The second kappa shape index (κ2) is 5.00. The number of pyridine rings is 1. The van der Waals surface area contributed by atoms with Crippen LogP contribution in [0, 0.1) is 0 Å². The fraction of sp³-hybridized carbons (Fsp3) is 0.